The van der Waals surface area contributed by atoms with Gasteiger partial charge in [-0.05, 0) is 24.3 Å². The Kier molecular flexibility index (Phi) is 7.08. The standard InChI is InChI=1S/C30H14F8N12/c31-17-9-18(32)40-27(39-17)47-13-5-1-2-6-14(13)48(28-41-19(33)10-20(34)42-28)25(47)26-49(29-43-21(35)11-22(36)44-29)15-7-3-4-8-16(15)50(26)30-45-23(37)12-24(38)46-30/h1-12,25-26H. The largest absolute Gasteiger partial charge is 0.283 e. The summed E-state index contributed by atoms with van der Waals surface area (Å²) in [5.74, 6) is -13.3. The van der Waals surface area contributed by atoms with Gasteiger partial charge in [0.2, 0.25) is 71.4 Å². The summed E-state index contributed by atoms with van der Waals surface area (Å²) < 4.78 is 118. The highest BCUT2D eigenvalue weighted by atomic mass is 19.2. The maximum atomic E-state index is 14.8. The molecule has 0 radical (unpaired) electrons. The van der Waals surface area contributed by atoms with Crippen LogP contribution in [0, 0.1) is 47.6 Å². The monoisotopic (exact) mass is 694 g/mol. The molecule has 20 heteroatoms. The summed E-state index contributed by atoms with van der Waals surface area (Å²) in [6.07, 6.45) is -3.46. The normalized spacial score (nSPS) is 14.5. The van der Waals surface area contributed by atoms with Gasteiger partial charge in [-0.1, -0.05) is 24.3 Å². The summed E-state index contributed by atoms with van der Waals surface area (Å²) in [4.78, 5) is 34.4. The Balaban J connectivity index is 1.49. The maximum Gasteiger partial charge on any atom is 0.237 e. The first-order chi connectivity index (χ1) is 24.0. The molecule has 0 fully saturated rings. The topological polar surface area (TPSA) is 116 Å². The smallest absolute Gasteiger partial charge is 0.237 e. The van der Waals surface area contributed by atoms with Gasteiger partial charge in [-0.3, -0.25) is 19.6 Å². The van der Waals surface area contributed by atoms with Crippen molar-refractivity contribution in [3.63, 3.8) is 0 Å². The van der Waals surface area contributed by atoms with Gasteiger partial charge in [0.25, 0.3) is 0 Å². The van der Waals surface area contributed by atoms with Gasteiger partial charge >= 0.3 is 0 Å². The molecule has 50 heavy (non-hydrogen) atoms. The fraction of sp³-hybridized carbons (Fsp3) is 0.0667. The number of fused-ring (bicyclic) bond motifs is 2. The second-order valence-electron chi connectivity index (χ2n) is 10.5. The molecule has 0 saturated heterocycles. The summed E-state index contributed by atoms with van der Waals surface area (Å²) >= 11 is 0. The molecule has 0 amide bonds. The van der Waals surface area contributed by atoms with E-state index < -0.39 is 83.7 Å². The van der Waals surface area contributed by atoms with E-state index in [-0.39, 0.29) is 22.7 Å². The molecule has 8 rings (SSSR count). The van der Waals surface area contributed by atoms with Crippen molar-refractivity contribution in [2.24, 2.45) is 0 Å². The van der Waals surface area contributed by atoms with E-state index in [9.17, 15) is 35.1 Å². The number of halogens is 8. The molecule has 0 aliphatic carbocycles. The van der Waals surface area contributed by atoms with Crippen molar-refractivity contribution in [1.29, 1.82) is 0 Å². The van der Waals surface area contributed by atoms with Gasteiger partial charge in [-0.25, -0.2) is 0 Å². The number of hydrogen-bond donors (Lipinski definition) is 0. The van der Waals surface area contributed by atoms with Gasteiger partial charge in [-0.15, -0.1) is 0 Å². The van der Waals surface area contributed by atoms with E-state index in [4.69, 9.17) is 0 Å². The molecule has 12 nitrogen and oxygen atoms in total. The Morgan fingerprint density at radius 2 is 0.500 bits per heavy atom. The highest BCUT2D eigenvalue weighted by Crippen LogP contribution is 2.54. The first-order valence-electron chi connectivity index (χ1n) is 14.2. The zero-order valence-electron chi connectivity index (χ0n) is 24.5. The molecule has 6 aromatic rings. The SMILES string of the molecule is Fc1cc(F)nc(N2c3ccccc3N(c3nc(F)cc(F)n3)C2C2N(c3nc(F)cc(F)n3)c3ccccc3N2c2nc(F)cc(F)n2)n1. The highest BCUT2D eigenvalue weighted by Gasteiger charge is 2.54. The van der Waals surface area contributed by atoms with Crippen LogP contribution in [0.3, 0.4) is 0 Å². The number of benzene rings is 2. The van der Waals surface area contributed by atoms with Gasteiger partial charge in [-0.2, -0.15) is 75.0 Å². The van der Waals surface area contributed by atoms with Crippen molar-refractivity contribution in [3.05, 3.63) is 120 Å². The third kappa shape index (κ3) is 5.07. The Hall–Kier alpha value is -6.60. The average molecular weight is 695 g/mol. The minimum Gasteiger partial charge on any atom is -0.283 e. The maximum absolute atomic E-state index is 14.8. The van der Waals surface area contributed by atoms with Crippen LogP contribution in [-0.4, -0.2) is 52.2 Å². The molecule has 4 aromatic heterocycles. The summed E-state index contributed by atoms with van der Waals surface area (Å²) in [7, 11) is 0. The van der Waals surface area contributed by atoms with E-state index in [1.165, 1.54) is 48.5 Å². The fourth-order valence-electron chi connectivity index (χ4n) is 5.93. The van der Waals surface area contributed by atoms with Crippen LogP contribution in [0.2, 0.25) is 0 Å². The van der Waals surface area contributed by atoms with E-state index in [1.54, 1.807) is 0 Å². The van der Waals surface area contributed by atoms with Crippen molar-refractivity contribution >= 4 is 46.5 Å². The van der Waals surface area contributed by atoms with E-state index in [1.807, 2.05) is 0 Å². The van der Waals surface area contributed by atoms with Gasteiger partial charge in [0.15, 0.2) is 12.3 Å². The number of para-hydroxylation sites is 4. The van der Waals surface area contributed by atoms with Crippen LogP contribution in [0.4, 0.5) is 81.7 Å². The quantitative estimate of drug-likeness (QED) is 0.158. The van der Waals surface area contributed by atoms with Crippen molar-refractivity contribution in [2.75, 3.05) is 19.6 Å². The molecule has 2 aromatic carbocycles. The first-order valence-corrected chi connectivity index (χ1v) is 14.2. The predicted octanol–water partition coefficient (Wildman–Crippen LogP) is 5.89. The lowest BCUT2D eigenvalue weighted by molar-refractivity contribution is 0.477. The Morgan fingerprint density at radius 1 is 0.320 bits per heavy atom. The zero-order valence-corrected chi connectivity index (χ0v) is 24.5. The molecule has 2 aliphatic rings. The van der Waals surface area contributed by atoms with E-state index in [2.05, 4.69) is 39.9 Å². The molecule has 6 heterocycles. The lowest BCUT2D eigenvalue weighted by Gasteiger charge is -2.41. The van der Waals surface area contributed by atoms with Gasteiger partial charge in [0.1, 0.15) is 0 Å². The average Bonchev–Trinajstić information content (AvgIpc) is 3.56. The Morgan fingerprint density at radius 3 is 0.680 bits per heavy atom. The minimum atomic E-state index is -1.73. The second-order valence-corrected chi connectivity index (χ2v) is 10.5. The highest BCUT2D eigenvalue weighted by molar-refractivity contribution is 5.91. The second kappa shape index (κ2) is 11.5. The number of aromatic nitrogens is 8. The van der Waals surface area contributed by atoms with Crippen molar-refractivity contribution < 1.29 is 35.1 Å². The number of hydrogen-bond acceptors (Lipinski definition) is 12. The van der Waals surface area contributed by atoms with Crippen LogP contribution in [0.25, 0.3) is 0 Å². The fourth-order valence-corrected chi connectivity index (χ4v) is 5.93. The van der Waals surface area contributed by atoms with Gasteiger partial charge in [0, 0.05) is 24.3 Å². The van der Waals surface area contributed by atoms with Crippen molar-refractivity contribution in [3.8, 4) is 0 Å². The predicted molar refractivity (Wildman–Crippen MR) is 157 cm³/mol. The molecular formula is C30H14F8N12. The summed E-state index contributed by atoms with van der Waals surface area (Å²) in [5.41, 5.74) is 0.183. The third-order valence-electron chi connectivity index (χ3n) is 7.60. The summed E-state index contributed by atoms with van der Waals surface area (Å²) in [6, 6.07) is 13.3. The third-order valence-corrected chi connectivity index (χ3v) is 7.60. The van der Waals surface area contributed by atoms with E-state index >= 15 is 0 Å². The van der Waals surface area contributed by atoms with Crippen LogP contribution in [0.5, 0.6) is 0 Å². The summed E-state index contributed by atoms with van der Waals surface area (Å²) in [5, 5.41) is 0. The first kappa shape index (κ1) is 30.7. The molecule has 250 valence electrons. The molecule has 0 N–H and O–H groups in total. The molecule has 2 aliphatic heterocycles. The van der Waals surface area contributed by atoms with Crippen LogP contribution >= 0.6 is 0 Å². The molecule has 0 atom stereocenters. The Labute approximate surface area is 274 Å². The van der Waals surface area contributed by atoms with Crippen LogP contribution < -0.4 is 19.6 Å². The van der Waals surface area contributed by atoms with E-state index in [0.717, 1.165) is 19.6 Å². The van der Waals surface area contributed by atoms with Crippen molar-refractivity contribution in [1.82, 2.24) is 39.9 Å². The van der Waals surface area contributed by atoms with Crippen LogP contribution in [0.1, 0.15) is 0 Å². The molecule has 0 spiro atoms. The van der Waals surface area contributed by atoms with Gasteiger partial charge in [0.05, 0.1) is 22.7 Å². The molecular weight excluding hydrogens is 680 g/mol. The molecule has 0 saturated carbocycles. The lowest BCUT2D eigenvalue weighted by atomic mass is 10.2. The van der Waals surface area contributed by atoms with Crippen LogP contribution in [-0.2, 0) is 0 Å². The Bertz CT molecular complexity index is 1920. The lowest BCUT2D eigenvalue weighted by Crippen LogP contribution is -2.59. The zero-order chi connectivity index (χ0) is 34.8. The van der Waals surface area contributed by atoms with Crippen LogP contribution in [0.15, 0.2) is 72.8 Å². The minimum absolute atomic E-state index is 0.0457. The number of nitrogens with zero attached hydrogens (tertiary/aromatic N) is 12. The molecule has 0 unspecified atom stereocenters. The number of rotatable bonds is 5. The van der Waals surface area contributed by atoms with Crippen molar-refractivity contribution in [2.45, 2.75) is 12.3 Å². The van der Waals surface area contributed by atoms with Gasteiger partial charge < -0.3 is 0 Å². The number of anilines is 8. The van der Waals surface area contributed by atoms with E-state index in [0.29, 0.717) is 24.3 Å². The molecule has 0 bridgehead atoms. The summed E-state index contributed by atoms with van der Waals surface area (Å²) in [6.45, 7) is 0.